The topological polar surface area (TPSA) is 101 Å². The second-order valence-electron chi connectivity index (χ2n) is 4.34. The van der Waals surface area contributed by atoms with Gasteiger partial charge in [0.1, 0.15) is 5.75 Å². The molecule has 0 radical (unpaired) electrons. The van der Waals surface area contributed by atoms with Crippen LogP contribution in [0, 0.1) is 0 Å². The molecule has 0 spiro atoms. The number of amides is 1. The van der Waals surface area contributed by atoms with Crippen LogP contribution in [-0.2, 0) is 19.4 Å². The summed E-state index contributed by atoms with van der Waals surface area (Å²) in [5.74, 6) is -2.79. The Hall–Kier alpha value is -1.11. The van der Waals surface area contributed by atoms with Gasteiger partial charge in [-0.25, -0.2) is 8.42 Å². The largest absolute Gasteiger partial charge is 0.480 e. The minimum atomic E-state index is -3.91. The lowest BCUT2D eigenvalue weighted by molar-refractivity contribution is -0.136. The maximum absolute atomic E-state index is 11.5. The zero-order chi connectivity index (χ0) is 13.1. The third-order valence-electron chi connectivity index (χ3n) is 2.94. The SMILES string of the molecule is CC(C(=O)O)S(=O)(=O)CC(=O)NC1CCCC1. The van der Waals surface area contributed by atoms with E-state index >= 15 is 0 Å². The van der Waals surface area contributed by atoms with E-state index < -0.39 is 32.7 Å². The van der Waals surface area contributed by atoms with E-state index in [-0.39, 0.29) is 6.04 Å². The quantitative estimate of drug-likeness (QED) is 0.723. The number of carboxylic acids is 1. The lowest BCUT2D eigenvalue weighted by Crippen LogP contribution is -2.40. The van der Waals surface area contributed by atoms with Crippen LogP contribution in [0.1, 0.15) is 32.6 Å². The number of rotatable bonds is 5. The Labute approximate surface area is 100 Å². The average Bonchev–Trinajstić information content (AvgIpc) is 2.67. The smallest absolute Gasteiger partial charge is 0.321 e. The molecule has 1 amide bonds. The molecule has 0 aliphatic heterocycles. The molecule has 98 valence electrons. The van der Waals surface area contributed by atoms with Crippen molar-refractivity contribution in [3.05, 3.63) is 0 Å². The Morgan fingerprint density at radius 1 is 1.35 bits per heavy atom. The molecular weight excluding hydrogens is 246 g/mol. The number of carboxylic acid groups (broad SMARTS) is 1. The number of hydrogen-bond donors (Lipinski definition) is 2. The molecule has 0 aromatic carbocycles. The van der Waals surface area contributed by atoms with Gasteiger partial charge in [-0.2, -0.15) is 0 Å². The summed E-state index contributed by atoms with van der Waals surface area (Å²) in [6.07, 6.45) is 3.78. The number of nitrogens with one attached hydrogen (secondary N) is 1. The van der Waals surface area contributed by atoms with Crippen molar-refractivity contribution in [2.24, 2.45) is 0 Å². The van der Waals surface area contributed by atoms with Crippen molar-refractivity contribution < 1.29 is 23.1 Å². The van der Waals surface area contributed by atoms with Gasteiger partial charge in [-0.1, -0.05) is 12.8 Å². The molecule has 6 nitrogen and oxygen atoms in total. The van der Waals surface area contributed by atoms with Crippen LogP contribution >= 0.6 is 0 Å². The Morgan fingerprint density at radius 3 is 2.35 bits per heavy atom. The van der Waals surface area contributed by atoms with Crippen LogP contribution in [0.2, 0.25) is 0 Å². The van der Waals surface area contributed by atoms with E-state index in [9.17, 15) is 18.0 Å². The number of sulfone groups is 1. The number of carbonyl (C=O) groups is 2. The van der Waals surface area contributed by atoms with Crippen molar-refractivity contribution >= 4 is 21.7 Å². The summed E-state index contributed by atoms with van der Waals surface area (Å²) in [5.41, 5.74) is 0. The number of carbonyl (C=O) groups excluding carboxylic acids is 1. The van der Waals surface area contributed by atoms with Crippen LogP contribution in [0.5, 0.6) is 0 Å². The molecule has 1 fully saturated rings. The summed E-state index contributed by atoms with van der Waals surface area (Å²) in [5, 5.41) is 9.68. The summed E-state index contributed by atoms with van der Waals surface area (Å²) in [4.78, 5) is 22.0. The zero-order valence-electron chi connectivity index (χ0n) is 9.68. The van der Waals surface area contributed by atoms with E-state index in [1.165, 1.54) is 0 Å². The minimum Gasteiger partial charge on any atom is -0.480 e. The molecule has 1 atom stereocenters. The zero-order valence-corrected chi connectivity index (χ0v) is 10.5. The maximum Gasteiger partial charge on any atom is 0.321 e. The van der Waals surface area contributed by atoms with Crippen molar-refractivity contribution in [2.45, 2.75) is 43.9 Å². The normalized spacial score (nSPS) is 18.9. The lowest BCUT2D eigenvalue weighted by atomic mass is 10.2. The number of hydrogen-bond acceptors (Lipinski definition) is 4. The van der Waals surface area contributed by atoms with Gasteiger partial charge in [0, 0.05) is 6.04 Å². The van der Waals surface area contributed by atoms with Crippen LogP contribution in [0.4, 0.5) is 0 Å². The van der Waals surface area contributed by atoms with Gasteiger partial charge in [0.2, 0.25) is 5.91 Å². The van der Waals surface area contributed by atoms with Crippen molar-refractivity contribution in [3.8, 4) is 0 Å². The fraction of sp³-hybridized carbons (Fsp3) is 0.800. The number of aliphatic carboxylic acids is 1. The summed E-state index contributed by atoms with van der Waals surface area (Å²) < 4.78 is 23.0. The van der Waals surface area contributed by atoms with E-state index in [4.69, 9.17) is 5.11 Å². The van der Waals surface area contributed by atoms with E-state index in [1.807, 2.05) is 0 Å². The summed E-state index contributed by atoms with van der Waals surface area (Å²) in [6.45, 7) is 1.07. The Balaban J connectivity index is 2.52. The lowest BCUT2D eigenvalue weighted by Gasteiger charge is -2.13. The highest BCUT2D eigenvalue weighted by atomic mass is 32.2. The highest BCUT2D eigenvalue weighted by Crippen LogP contribution is 2.17. The van der Waals surface area contributed by atoms with Gasteiger partial charge < -0.3 is 10.4 Å². The minimum absolute atomic E-state index is 0.0397. The van der Waals surface area contributed by atoms with E-state index in [0.717, 1.165) is 32.6 Å². The molecule has 0 aromatic heterocycles. The standard InChI is InChI=1S/C10H17NO5S/c1-7(10(13)14)17(15,16)6-9(12)11-8-4-2-3-5-8/h7-8H,2-6H2,1H3,(H,11,12)(H,13,14). The second-order valence-corrected chi connectivity index (χ2v) is 6.66. The first-order valence-corrected chi connectivity index (χ1v) is 7.28. The van der Waals surface area contributed by atoms with Crippen molar-refractivity contribution in [1.29, 1.82) is 0 Å². The monoisotopic (exact) mass is 263 g/mol. The predicted molar refractivity (Wildman–Crippen MR) is 61.3 cm³/mol. The van der Waals surface area contributed by atoms with Crippen molar-refractivity contribution in [2.75, 3.05) is 5.75 Å². The third-order valence-corrected chi connectivity index (χ3v) is 4.88. The average molecular weight is 263 g/mol. The molecule has 0 heterocycles. The first-order chi connectivity index (χ1) is 7.83. The first kappa shape index (κ1) is 14.0. The predicted octanol–water partition coefficient (Wildman–Crippen LogP) is -0.0669. The maximum atomic E-state index is 11.5. The molecule has 1 rings (SSSR count). The molecule has 1 aliphatic rings. The van der Waals surface area contributed by atoms with Gasteiger partial charge in [0.05, 0.1) is 0 Å². The fourth-order valence-electron chi connectivity index (χ4n) is 1.80. The Kier molecular flexibility index (Phi) is 4.50. The summed E-state index contributed by atoms with van der Waals surface area (Å²) >= 11 is 0. The van der Waals surface area contributed by atoms with Gasteiger partial charge in [-0.3, -0.25) is 9.59 Å². The van der Waals surface area contributed by atoms with Gasteiger partial charge in [-0.15, -0.1) is 0 Å². The van der Waals surface area contributed by atoms with Crippen LogP contribution in [-0.4, -0.2) is 42.4 Å². The molecule has 0 saturated heterocycles. The summed E-state index contributed by atoms with van der Waals surface area (Å²) in [6, 6.07) is 0.0397. The summed E-state index contributed by atoms with van der Waals surface area (Å²) in [7, 11) is -3.91. The fourth-order valence-corrected chi connectivity index (χ4v) is 2.81. The molecule has 17 heavy (non-hydrogen) atoms. The Bertz CT molecular complexity index is 397. The van der Waals surface area contributed by atoms with E-state index in [2.05, 4.69) is 5.32 Å². The molecule has 1 unspecified atom stereocenters. The van der Waals surface area contributed by atoms with Crippen molar-refractivity contribution in [1.82, 2.24) is 5.32 Å². The highest BCUT2D eigenvalue weighted by Gasteiger charge is 2.30. The molecular formula is C10H17NO5S. The van der Waals surface area contributed by atoms with E-state index in [1.54, 1.807) is 0 Å². The van der Waals surface area contributed by atoms with Crippen LogP contribution in [0.25, 0.3) is 0 Å². The van der Waals surface area contributed by atoms with Crippen molar-refractivity contribution in [3.63, 3.8) is 0 Å². The second kappa shape index (κ2) is 5.48. The molecule has 0 bridgehead atoms. The van der Waals surface area contributed by atoms with Crippen LogP contribution < -0.4 is 5.32 Å². The molecule has 0 aromatic rings. The van der Waals surface area contributed by atoms with Crippen LogP contribution in [0.15, 0.2) is 0 Å². The molecule has 7 heteroatoms. The van der Waals surface area contributed by atoms with Gasteiger partial charge in [0.25, 0.3) is 0 Å². The first-order valence-electron chi connectivity index (χ1n) is 5.56. The highest BCUT2D eigenvalue weighted by molar-refractivity contribution is 7.93. The Morgan fingerprint density at radius 2 is 1.88 bits per heavy atom. The van der Waals surface area contributed by atoms with Gasteiger partial charge >= 0.3 is 5.97 Å². The van der Waals surface area contributed by atoms with E-state index in [0.29, 0.717) is 0 Å². The molecule has 1 aliphatic carbocycles. The van der Waals surface area contributed by atoms with Crippen LogP contribution in [0.3, 0.4) is 0 Å². The molecule has 1 saturated carbocycles. The molecule has 2 N–H and O–H groups in total. The third kappa shape index (κ3) is 3.99. The van der Waals surface area contributed by atoms with Gasteiger partial charge in [0.15, 0.2) is 15.1 Å². The van der Waals surface area contributed by atoms with Gasteiger partial charge in [-0.05, 0) is 19.8 Å².